The van der Waals surface area contributed by atoms with Crippen LogP contribution in [0, 0.1) is 5.92 Å². The molecule has 3 N–H and O–H groups in total. The van der Waals surface area contributed by atoms with Gasteiger partial charge in [-0.1, -0.05) is 27.7 Å². The van der Waals surface area contributed by atoms with Crippen LogP contribution in [0.25, 0.3) is 11.0 Å². The molecule has 0 spiro atoms. The van der Waals surface area contributed by atoms with E-state index < -0.39 is 0 Å². The molecule has 0 aliphatic rings. The summed E-state index contributed by atoms with van der Waals surface area (Å²) < 4.78 is 2.17. The number of aromatic nitrogens is 2. The van der Waals surface area contributed by atoms with Crippen LogP contribution >= 0.6 is 0 Å². The van der Waals surface area contributed by atoms with E-state index in [4.69, 9.17) is 10.7 Å². The van der Waals surface area contributed by atoms with Crippen molar-refractivity contribution in [3.63, 3.8) is 0 Å². The topological polar surface area (TPSA) is 64.1 Å². The Kier molecular flexibility index (Phi) is 3.80. The predicted octanol–water partition coefficient (Wildman–Crippen LogP) is 2.93. The predicted molar refractivity (Wildman–Crippen MR) is 79.2 cm³/mol. The second-order valence-electron chi connectivity index (χ2n) is 5.74. The molecule has 0 saturated heterocycles. The Morgan fingerprint density at radius 1 is 1.26 bits per heavy atom. The summed E-state index contributed by atoms with van der Waals surface area (Å²) >= 11 is 0. The molecule has 0 bridgehead atoms. The fourth-order valence-electron chi connectivity index (χ4n) is 2.48. The second-order valence-corrected chi connectivity index (χ2v) is 5.74. The van der Waals surface area contributed by atoms with Gasteiger partial charge in [0.1, 0.15) is 5.82 Å². The Morgan fingerprint density at radius 3 is 2.47 bits per heavy atom. The van der Waals surface area contributed by atoms with Crippen LogP contribution in [0.3, 0.4) is 0 Å². The number of anilines is 1. The average molecular weight is 261 g/mol. The highest BCUT2D eigenvalue weighted by atomic mass is 16.3. The first kappa shape index (κ1) is 13.9. The molecule has 19 heavy (non-hydrogen) atoms. The lowest BCUT2D eigenvalue weighted by molar-refractivity contribution is 0.192. The van der Waals surface area contributed by atoms with Gasteiger partial charge >= 0.3 is 0 Å². The highest BCUT2D eigenvalue weighted by Crippen LogP contribution is 2.30. The Bertz CT molecular complexity index is 572. The van der Waals surface area contributed by atoms with Gasteiger partial charge in [-0.3, -0.25) is 0 Å². The molecule has 4 nitrogen and oxygen atoms in total. The lowest BCUT2D eigenvalue weighted by Crippen LogP contribution is -2.21. The van der Waals surface area contributed by atoms with E-state index in [1.807, 2.05) is 18.2 Å². The Morgan fingerprint density at radius 2 is 1.95 bits per heavy atom. The molecule has 2 rings (SSSR count). The van der Waals surface area contributed by atoms with E-state index in [1.165, 1.54) is 0 Å². The monoisotopic (exact) mass is 261 g/mol. The number of aliphatic hydroxyl groups is 1. The Hall–Kier alpha value is -1.55. The first-order valence-electron chi connectivity index (χ1n) is 6.84. The molecule has 1 aromatic carbocycles. The van der Waals surface area contributed by atoms with Crippen LogP contribution in [0.4, 0.5) is 5.69 Å². The zero-order valence-electron chi connectivity index (χ0n) is 12.1. The number of hydrogen-bond acceptors (Lipinski definition) is 3. The molecule has 104 valence electrons. The van der Waals surface area contributed by atoms with Gasteiger partial charge in [0.05, 0.1) is 23.7 Å². The highest BCUT2D eigenvalue weighted by molar-refractivity contribution is 5.80. The Balaban J connectivity index is 2.71. The van der Waals surface area contributed by atoms with Gasteiger partial charge in [-0.15, -0.1) is 0 Å². The van der Waals surface area contributed by atoms with Gasteiger partial charge in [0.25, 0.3) is 0 Å². The molecule has 0 aliphatic heterocycles. The normalized spacial score (nSPS) is 13.6. The number of rotatable bonds is 4. The van der Waals surface area contributed by atoms with Gasteiger partial charge in [-0.05, 0) is 24.1 Å². The minimum atomic E-state index is 0.0472. The number of fused-ring (bicyclic) bond motifs is 1. The van der Waals surface area contributed by atoms with Crippen LogP contribution in [-0.2, 0) is 0 Å². The molecule has 1 atom stereocenters. The van der Waals surface area contributed by atoms with E-state index in [-0.39, 0.29) is 12.6 Å². The van der Waals surface area contributed by atoms with Gasteiger partial charge in [-0.2, -0.15) is 0 Å². The number of imidazole rings is 1. The number of benzene rings is 1. The summed E-state index contributed by atoms with van der Waals surface area (Å²) in [6, 6.07) is 5.83. The van der Waals surface area contributed by atoms with E-state index in [2.05, 4.69) is 32.3 Å². The molecule has 0 amide bonds. The minimum Gasteiger partial charge on any atom is -0.399 e. The van der Waals surface area contributed by atoms with E-state index >= 15 is 0 Å². The minimum absolute atomic E-state index is 0.0472. The molecule has 4 heteroatoms. The van der Waals surface area contributed by atoms with Crippen LogP contribution in [0.15, 0.2) is 18.2 Å². The number of nitrogens with zero attached hydrogens (tertiary/aromatic N) is 2. The van der Waals surface area contributed by atoms with E-state index in [1.54, 1.807) is 0 Å². The van der Waals surface area contributed by atoms with Crippen LogP contribution in [0.2, 0.25) is 0 Å². The quantitative estimate of drug-likeness (QED) is 0.832. The molecular formula is C15H23N3O. The smallest absolute Gasteiger partial charge is 0.112 e. The maximum atomic E-state index is 9.72. The lowest BCUT2D eigenvalue weighted by Gasteiger charge is -2.24. The zero-order chi connectivity index (χ0) is 14.2. The number of nitrogens with two attached hydrogens (primary N) is 1. The van der Waals surface area contributed by atoms with Crippen molar-refractivity contribution in [2.75, 3.05) is 12.3 Å². The van der Waals surface area contributed by atoms with Crippen molar-refractivity contribution in [3.05, 3.63) is 24.0 Å². The van der Waals surface area contributed by atoms with Gasteiger partial charge in [0.2, 0.25) is 0 Å². The summed E-state index contributed by atoms with van der Waals surface area (Å²) in [6.45, 7) is 8.60. The third-order valence-electron chi connectivity index (χ3n) is 3.55. The van der Waals surface area contributed by atoms with Crippen molar-refractivity contribution in [2.24, 2.45) is 5.92 Å². The fraction of sp³-hybridized carbons (Fsp3) is 0.533. The van der Waals surface area contributed by atoms with Crippen molar-refractivity contribution in [3.8, 4) is 0 Å². The maximum absolute atomic E-state index is 9.72. The first-order valence-corrected chi connectivity index (χ1v) is 6.84. The standard InChI is InChI=1S/C15H23N3O/c1-9(2)14(8-19)18-13-6-5-11(16)7-12(13)17-15(18)10(3)4/h5-7,9-10,14,19H,8,16H2,1-4H3/t14-/m0/s1. The number of aliphatic hydroxyl groups excluding tert-OH is 1. The van der Waals surface area contributed by atoms with Gasteiger partial charge < -0.3 is 15.4 Å². The second kappa shape index (κ2) is 5.21. The fourth-order valence-corrected chi connectivity index (χ4v) is 2.48. The summed E-state index contributed by atoms with van der Waals surface area (Å²) in [6.07, 6.45) is 0. The van der Waals surface area contributed by atoms with Crippen molar-refractivity contribution >= 4 is 16.7 Å². The molecule has 1 heterocycles. The number of nitrogen functional groups attached to an aromatic ring is 1. The number of hydrogen-bond donors (Lipinski definition) is 2. The zero-order valence-corrected chi connectivity index (χ0v) is 12.1. The summed E-state index contributed by atoms with van der Waals surface area (Å²) in [5.41, 5.74) is 8.50. The molecule has 0 fully saturated rings. The van der Waals surface area contributed by atoms with Crippen LogP contribution in [0.5, 0.6) is 0 Å². The van der Waals surface area contributed by atoms with Crippen molar-refractivity contribution in [2.45, 2.75) is 39.7 Å². The third-order valence-corrected chi connectivity index (χ3v) is 3.55. The average Bonchev–Trinajstić information content (AvgIpc) is 2.68. The van der Waals surface area contributed by atoms with Crippen LogP contribution in [0.1, 0.15) is 45.5 Å². The van der Waals surface area contributed by atoms with E-state index in [0.29, 0.717) is 11.8 Å². The summed E-state index contributed by atoms with van der Waals surface area (Å²) in [7, 11) is 0. The summed E-state index contributed by atoms with van der Waals surface area (Å²) in [4.78, 5) is 4.70. The SMILES string of the molecule is CC(C)c1nc2cc(N)ccc2n1[C@@H](CO)C(C)C. The molecule has 1 aromatic heterocycles. The molecule has 0 aliphatic carbocycles. The van der Waals surface area contributed by atoms with Crippen molar-refractivity contribution in [1.29, 1.82) is 0 Å². The molecule has 0 unspecified atom stereocenters. The lowest BCUT2D eigenvalue weighted by atomic mass is 10.0. The van der Waals surface area contributed by atoms with Crippen LogP contribution in [-0.4, -0.2) is 21.3 Å². The van der Waals surface area contributed by atoms with Crippen LogP contribution < -0.4 is 5.73 Å². The first-order chi connectivity index (χ1) is 8.95. The third kappa shape index (κ3) is 2.45. The highest BCUT2D eigenvalue weighted by Gasteiger charge is 2.22. The van der Waals surface area contributed by atoms with Gasteiger partial charge in [0.15, 0.2) is 0 Å². The summed E-state index contributed by atoms with van der Waals surface area (Å²) in [5, 5.41) is 9.72. The van der Waals surface area contributed by atoms with Gasteiger partial charge in [-0.25, -0.2) is 4.98 Å². The maximum Gasteiger partial charge on any atom is 0.112 e. The molecule has 0 saturated carbocycles. The molecule has 0 radical (unpaired) electrons. The van der Waals surface area contributed by atoms with E-state index in [9.17, 15) is 5.11 Å². The van der Waals surface area contributed by atoms with Crippen molar-refractivity contribution < 1.29 is 5.11 Å². The van der Waals surface area contributed by atoms with E-state index in [0.717, 1.165) is 22.5 Å². The summed E-state index contributed by atoms with van der Waals surface area (Å²) in [5.74, 6) is 1.66. The Labute approximate surface area is 114 Å². The largest absolute Gasteiger partial charge is 0.399 e. The molecule has 2 aromatic rings. The molecular weight excluding hydrogens is 238 g/mol. The van der Waals surface area contributed by atoms with Gasteiger partial charge in [0, 0.05) is 11.6 Å². The van der Waals surface area contributed by atoms with Crippen molar-refractivity contribution in [1.82, 2.24) is 9.55 Å².